The van der Waals surface area contributed by atoms with Gasteiger partial charge in [-0.2, -0.15) is 0 Å². The summed E-state index contributed by atoms with van der Waals surface area (Å²) in [6.07, 6.45) is 0. The van der Waals surface area contributed by atoms with E-state index in [0.29, 0.717) is 0 Å². The van der Waals surface area contributed by atoms with Crippen LogP contribution in [0.25, 0.3) is 0 Å². The summed E-state index contributed by atoms with van der Waals surface area (Å²) in [6.45, 7) is 0. The zero-order chi connectivity index (χ0) is 7.00. The third kappa shape index (κ3) is 21.2. The third-order valence-corrected chi connectivity index (χ3v) is 26.0. The molecule has 0 aromatic carbocycles. The van der Waals surface area contributed by atoms with Gasteiger partial charge >= 0.3 is 11.0 Å². The highest BCUT2D eigenvalue weighted by Crippen LogP contribution is 2.39. The molecule has 0 aromatic rings. The van der Waals surface area contributed by atoms with Crippen LogP contribution in [0.5, 0.6) is 0 Å². The van der Waals surface area contributed by atoms with Gasteiger partial charge in [0, 0.05) is 0 Å². The predicted molar refractivity (Wildman–Crippen MR) is 90.1 cm³/mol. The highest BCUT2D eigenvalue weighted by atomic mass is 35.9. The first-order valence-electron chi connectivity index (χ1n) is 1.38. The summed E-state index contributed by atoms with van der Waals surface area (Å²) in [5, 5.41) is 0. The SMILES string of the molecule is Cl.Cl.Cl.Cl.Cl.Cl.Cl[Si](Cl)(Cl)[Si](Cl)(Cl)Cl. The van der Waals surface area contributed by atoms with Crippen LogP contribution in [0.15, 0.2) is 0 Å². The maximum Gasteiger partial charge on any atom is 0.376 e. The molecular weight excluding hydrogens is 482 g/mol. The number of halogens is 12. The Morgan fingerprint density at radius 1 is 0.357 bits per heavy atom. The molecule has 0 aliphatic rings. The smallest absolute Gasteiger partial charge is 0.147 e. The minimum Gasteiger partial charge on any atom is -0.147 e. The Bertz CT molecular complexity index is 63.3. The average molecular weight is 488 g/mol. The molecule has 0 aliphatic heterocycles. The molecular formula is H6Cl12Si2. The Labute approximate surface area is 150 Å². The Kier molecular flexibility index (Phi) is 52.0. The van der Waals surface area contributed by atoms with Crippen LogP contribution in [0, 0.1) is 0 Å². The summed E-state index contributed by atoms with van der Waals surface area (Å²) in [6, 6.07) is 0. The fourth-order valence-electron chi connectivity index (χ4n) is 0. The summed E-state index contributed by atoms with van der Waals surface area (Å²) in [7, 11) is 0. The summed E-state index contributed by atoms with van der Waals surface area (Å²) < 4.78 is 0. The summed E-state index contributed by atoms with van der Waals surface area (Å²) in [4.78, 5) is 0. The van der Waals surface area contributed by atoms with Gasteiger partial charge in [-0.05, 0) is 0 Å². The second kappa shape index (κ2) is 16.9. The minimum absolute atomic E-state index is 0. The molecule has 0 aromatic heterocycles. The molecule has 98 valence electrons. The Morgan fingerprint density at radius 3 is 0.429 bits per heavy atom. The number of hydrogen-bond donors (Lipinski definition) is 0. The van der Waals surface area contributed by atoms with Crippen LogP contribution < -0.4 is 0 Å². The zero-order valence-corrected chi connectivity index (χ0v) is 17.2. The van der Waals surface area contributed by atoms with E-state index in [1.54, 1.807) is 0 Å². The van der Waals surface area contributed by atoms with Crippen molar-refractivity contribution >= 4 is 152 Å². The third-order valence-electron chi connectivity index (χ3n) is 0.321. The van der Waals surface area contributed by atoms with Crippen molar-refractivity contribution in [3.8, 4) is 0 Å². The van der Waals surface area contributed by atoms with E-state index < -0.39 is 11.0 Å². The molecule has 0 radical (unpaired) electrons. The normalized spacial score (nSPS) is 8.14. The van der Waals surface area contributed by atoms with Crippen molar-refractivity contribution in [1.82, 2.24) is 0 Å². The summed E-state index contributed by atoms with van der Waals surface area (Å²) >= 11 is 32.1. The molecule has 0 bridgehead atoms. The lowest BCUT2D eigenvalue weighted by molar-refractivity contribution is 3.49. The molecule has 0 atom stereocenters. The van der Waals surface area contributed by atoms with Crippen molar-refractivity contribution in [1.29, 1.82) is 0 Å². The van der Waals surface area contributed by atoms with Crippen molar-refractivity contribution in [2.75, 3.05) is 0 Å². The van der Waals surface area contributed by atoms with Gasteiger partial charge in [0.1, 0.15) is 0 Å². The molecule has 0 N–H and O–H groups in total. The van der Waals surface area contributed by atoms with Gasteiger partial charge in [-0.3, -0.25) is 0 Å². The molecule has 0 heterocycles. The van der Waals surface area contributed by atoms with Gasteiger partial charge in [-0.15, -0.1) is 141 Å². The lowest BCUT2D eigenvalue weighted by Crippen LogP contribution is -2.36. The van der Waals surface area contributed by atoms with E-state index in [-0.39, 0.29) is 74.4 Å². The van der Waals surface area contributed by atoms with Gasteiger partial charge in [0.25, 0.3) is 0 Å². The Hall–Kier alpha value is 3.91. The van der Waals surface area contributed by atoms with Crippen LogP contribution in [-0.2, 0) is 0 Å². The molecule has 0 unspecified atom stereocenters. The van der Waals surface area contributed by atoms with E-state index in [2.05, 4.69) is 0 Å². The zero-order valence-electron chi connectivity index (χ0n) is 5.72. The predicted octanol–water partition coefficient (Wildman–Crippen LogP) is 5.91. The Morgan fingerprint density at radius 2 is 0.429 bits per heavy atom. The van der Waals surface area contributed by atoms with Crippen molar-refractivity contribution < 1.29 is 0 Å². The first-order valence-corrected chi connectivity index (χ1v) is 12.5. The standard InChI is InChI=1S/Cl6Si2.6ClH/c1-7(2,3)8(4,5)6;;;;;;/h;6*1H. The molecule has 0 nitrogen and oxygen atoms in total. The molecule has 0 aliphatic carbocycles. The molecule has 0 saturated heterocycles. The van der Waals surface area contributed by atoms with Crippen LogP contribution in [0.3, 0.4) is 0 Å². The molecule has 14 heteroatoms. The second-order valence-corrected chi connectivity index (χ2v) is 26.9. The van der Waals surface area contributed by atoms with Crippen LogP contribution >= 0.6 is 141 Å². The van der Waals surface area contributed by atoms with E-state index in [0.717, 1.165) is 0 Å². The van der Waals surface area contributed by atoms with Crippen molar-refractivity contribution in [3.05, 3.63) is 0 Å². The average Bonchev–Trinajstić information content (AvgIpc) is 1.25. The van der Waals surface area contributed by atoms with E-state index in [9.17, 15) is 0 Å². The van der Waals surface area contributed by atoms with Gasteiger partial charge in [0.05, 0.1) is 0 Å². The first-order chi connectivity index (χ1) is 3.25. The maximum absolute atomic E-state index is 5.34. The van der Waals surface area contributed by atoms with Gasteiger partial charge < -0.3 is 0 Å². The van der Waals surface area contributed by atoms with E-state index in [1.165, 1.54) is 0 Å². The van der Waals surface area contributed by atoms with Crippen LogP contribution in [-0.4, -0.2) is 11.0 Å². The van der Waals surface area contributed by atoms with Crippen molar-refractivity contribution in [2.24, 2.45) is 0 Å². The molecule has 14 heavy (non-hydrogen) atoms. The van der Waals surface area contributed by atoms with Gasteiger partial charge in [0.2, 0.25) is 0 Å². The summed E-state index contributed by atoms with van der Waals surface area (Å²) in [5.41, 5.74) is -6.01. The largest absolute Gasteiger partial charge is 0.376 e. The monoisotopic (exact) mass is 482 g/mol. The fourth-order valence-corrected chi connectivity index (χ4v) is 0. The quantitative estimate of drug-likeness (QED) is 0.319. The van der Waals surface area contributed by atoms with Gasteiger partial charge in [-0.1, -0.05) is 0 Å². The maximum atomic E-state index is 5.34. The molecule has 0 amide bonds. The molecule has 0 rings (SSSR count). The van der Waals surface area contributed by atoms with E-state index >= 15 is 0 Å². The van der Waals surface area contributed by atoms with Gasteiger partial charge in [0.15, 0.2) is 0 Å². The van der Waals surface area contributed by atoms with Crippen molar-refractivity contribution in [3.63, 3.8) is 0 Å². The first kappa shape index (κ1) is 43.0. The van der Waals surface area contributed by atoms with Gasteiger partial charge in [-0.25, -0.2) is 0 Å². The topological polar surface area (TPSA) is 0 Å². The van der Waals surface area contributed by atoms with E-state index in [4.69, 9.17) is 66.5 Å². The lowest BCUT2D eigenvalue weighted by Gasteiger charge is -2.12. The van der Waals surface area contributed by atoms with Crippen molar-refractivity contribution in [2.45, 2.75) is 0 Å². The fraction of sp³-hybridized carbons (Fsp3) is 0. The number of rotatable bonds is 1. The lowest BCUT2D eigenvalue weighted by atomic mass is 26.7. The number of hydrogen-bond acceptors (Lipinski definition) is 0. The Balaban J connectivity index is -0.0000000163. The van der Waals surface area contributed by atoms with E-state index in [1.807, 2.05) is 0 Å². The minimum atomic E-state index is -3.01. The van der Waals surface area contributed by atoms with Crippen LogP contribution in [0.2, 0.25) is 0 Å². The molecule has 0 saturated carbocycles. The summed E-state index contributed by atoms with van der Waals surface area (Å²) in [5.74, 6) is 0. The molecule has 0 spiro atoms. The van der Waals surface area contributed by atoms with Crippen LogP contribution in [0.4, 0.5) is 0 Å². The molecule has 0 fully saturated rings. The highest BCUT2D eigenvalue weighted by molar-refractivity contribution is 8.10. The highest BCUT2D eigenvalue weighted by Gasteiger charge is 2.52. The second-order valence-electron chi connectivity index (χ2n) is 0.996. The van der Waals surface area contributed by atoms with Crippen LogP contribution in [0.1, 0.15) is 0 Å².